The van der Waals surface area contributed by atoms with E-state index in [4.69, 9.17) is 0 Å². The molecule has 28 heavy (non-hydrogen) atoms. The van der Waals surface area contributed by atoms with Gasteiger partial charge < -0.3 is 10.6 Å². The molecule has 2 saturated carbocycles. The minimum atomic E-state index is 0.583. The summed E-state index contributed by atoms with van der Waals surface area (Å²) < 4.78 is 0. The van der Waals surface area contributed by atoms with Gasteiger partial charge in [-0.1, -0.05) is 57.3 Å². The van der Waals surface area contributed by atoms with Crippen molar-refractivity contribution in [1.29, 1.82) is 0 Å². The van der Waals surface area contributed by atoms with Gasteiger partial charge in [0.1, 0.15) is 5.82 Å². The molecule has 1 aromatic heterocycles. The fraction of sp³-hybridized carbons (Fsp3) is 0.560. The third-order valence-electron chi connectivity index (χ3n) is 6.16. The van der Waals surface area contributed by atoms with Crippen molar-refractivity contribution in [2.75, 3.05) is 11.9 Å². The lowest BCUT2D eigenvalue weighted by Crippen LogP contribution is -2.22. The highest BCUT2D eigenvalue weighted by Crippen LogP contribution is 2.24. The first-order chi connectivity index (χ1) is 13.7. The van der Waals surface area contributed by atoms with E-state index in [0.29, 0.717) is 6.04 Å². The van der Waals surface area contributed by atoms with Crippen LogP contribution in [0.2, 0.25) is 0 Å². The fourth-order valence-corrected chi connectivity index (χ4v) is 4.34. The Kier molecular flexibility index (Phi) is 8.20. The molecule has 0 radical (unpaired) electrons. The molecule has 0 aromatic carbocycles. The van der Waals surface area contributed by atoms with Gasteiger partial charge in [-0.05, 0) is 67.9 Å². The number of allylic oxidation sites excluding steroid dienone is 4. The first-order valence-electron chi connectivity index (χ1n) is 11.2. The second-order valence-corrected chi connectivity index (χ2v) is 8.53. The number of nitrogens with one attached hydrogen (secondary N) is 2. The quantitative estimate of drug-likeness (QED) is 0.508. The zero-order chi connectivity index (χ0) is 19.6. The molecule has 2 fully saturated rings. The van der Waals surface area contributed by atoms with E-state index in [9.17, 15) is 0 Å². The highest BCUT2D eigenvalue weighted by molar-refractivity contribution is 5.67. The van der Waals surface area contributed by atoms with Crippen LogP contribution in [0.4, 0.5) is 5.82 Å². The zero-order valence-electron chi connectivity index (χ0n) is 17.6. The van der Waals surface area contributed by atoms with Crippen molar-refractivity contribution < 1.29 is 0 Å². The smallest absolute Gasteiger partial charge is 0.126 e. The van der Waals surface area contributed by atoms with Gasteiger partial charge in [0.25, 0.3) is 0 Å². The van der Waals surface area contributed by atoms with Crippen LogP contribution in [0.3, 0.4) is 0 Å². The maximum absolute atomic E-state index is 4.51. The summed E-state index contributed by atoms with van der Waals surface area (Å²) >= 11 is 0. The average molecular weight is 380 g/mol. The molecule has 152 valence electrons. The van der Waals surface area contributed by atoms with E-state index in [1.807, 2.05) is 6.20 Å². The second kappa shape index (κ2) is 11.1. The summed E-state index contributed by atoms with van der Waals surface area (Å²) in [6, 6.07) is 4.84. The summed E-state index contributed by atoms with van der Waals surface area (Å²) in [5, 5.41) is 7.11. The molecule has 0 amide bonds. The molecule has 3 heteroatoms. The minimum Gasteiger partial charge on any atom is -0.385 e. The van der Waals surface area contributed by atoms with Crippen molar-refractivity contribution >= 4 is 11.4 Å². The summed E-state index contributed by atoms with van der Waals surface area (Å²) in [5.74, 6) is 1.82. The monoisotopic (exact) mass is 379 g/mol. The number of nitrogens with zero attached hydrogens (tertiary/aromatic N) is 1. The van der Waals surface area contributed by atoms with Crippen LogP contribution in [0.5, 0.6) is 0 Å². The third-order valence-corrected chi connectivity index (χ3v) is 6.16. The van der Waals surface area contributed by atoms with Crippen molar-refractivity contribution in [2.24, 2.45) is 5.92 Å². The first kappa shape index (κ1) is 20.7. The molecule has 2 N–H and O–H groups in total. The molecule has 0 aliphatic heterocycles. The van der Waals surface area contributed by atoms with E-state index < -0.39 is 0 Å². The Bertz CT molecular complexity index is 677. The lowest BCUT2D eigenvalue weighted by atomic mass is 9.89. The predicted molar refractivity (Wildman–Crippen MR) is 121 cm³/mol. The summed E-state index contributed by atoms with van der Waals surface area (Å²) in [7, 11) is 0. The van der Waals surface area contributed by atoms with Crippen LogP contribution >= 0.6 is 0 Å². The first-order valence-corrected chi connectivity index (χ1v) is 11.2. The van der Waals surface area contributed by atoms with Gasteiger partial charge in [0, 0.05) is 24.5 Å². The molecular formula is C25H37N3. The Morgan fingerprint density at radius 2 is 1.82 bits per heavy atom. The van der Waals surface area contributed by atoms with Gasteiger partial charge in [-0.3, -0.25) is 0 Å². The zero-order valence-corrected chi connectivity index (χ0v) is 17.6. The predicted octanol–water partition coefficient (Wildman–Crippen LogP) is 6.47. The molecule has 0 bridgehead atoms. The van der Waals surface area contributed by atoms with Crippen molar-refractivity contribution in [3.8, 4) is 0 Å². The molecule has 2 aliphatic rings. The highest BCUT2D eigenvalue weighted by atomic mass is 15.0. The standard InChI is InChI=1S/C25H37N3/c1-20(10-9-11-21(2)27-19-22-12-5-3-6-13-22)23-16-17-26-25(18-23)28-24-14-7-4-8-15-24/h9-11,16-18,22,24,27H,2-8,12-15,19H2,1H3,(H,26,28)/b11-9-,20-10+. The summed E-state index contributed by atoms with van der Waals surface area (Å²) in [4.78, 5) is 4.51. The van der Waals surface area contributed by atoms with E-state index in [2.05, 4.69) is 59.5 Å². The van der Waals surface area contributed by atoms with Crippen molar-refractivity contribution in [2.45, 2.75) is 77.2 Å². The van der Waals surface area contributed by atoms with E-state index >= 15 is 0 Å². The van der Waals surface area contributed by atoms with Crippen LogP contribution in [-0.2, 0) is 0 Å². The van der Waals surface area contributed by atoms with Gasteiger partial charge in [0.15, 0.2) is 0 Å². The maximum Gasteiger partial charge on any atom is 0.126 e. The van der Waals surface area contributed by atoms with Crippen LogP contribution in [0, 0.1) is 5.92 Å². The molecule has 0 spiro atoms. The number of aromatic nitrogens is 1. The van der Waals surface area contributed by atoms with Crippen LogP contribution in [0.25, 0.3) is 5.57 Å². The van der Waals surface area contributed by atoms with Gasteiger partial charge in [0.05, 0.1) is 0 Å². The van der Waals surface area contributed by atoms with Crippen LogP contribution in [0.1, 0.15) is 76.7 Å². The Balaban J connectivity index is 1.48. The molecule has 1 heterocycles. The largest absolute Gasteiger partial charge is 0.385 e. The molecule has 2 aliphatic carbocycles. The number of rotatable bonds is 8. The lowest BCUT2D eigenvalue weighted by Gasteiger charge is -2.23. The van der Waals surface area contributed by atoms with Gasteiger partial charge in [-0.25, -0.2) is 4.98 Å². The number of anilines is 1. The molecule has 0 saturated heterocycles. The minimum absolute atomic E-state index is 0.583. The van der Waals surface area contributed by atoms with E-state index in [0.717, 1.165) is 24.0 Å². The van der Waals surface area contributed by atoms with Crippen LogP contribution in [-0.4, -0.2) is 17.6 Å². The van der Waals surface area contributed by atoms with Gasteiger partial charge in [-0.15, -0.1) is 0 Å². The summed E-state index contributed by atoms with van der Waals surface area (Å²) in [6.07, 6.45) is 21.7. The Hall–Kier alpha value is -2.03. The fourth-order valence-electron chi connectivity index (χ4n) is 4.34. The van der Waals surface area contributed by atoms with Crippen molar-refractivity contribution in [1.82, 2.24) is 10.3 Å². The Morgan fingerprint density at radius 1 is 1.11 bits per heavy atom. The Morgan fingerprint density at radius 3 is 2.57 bits per heavy atom. The van der Waals surface area contributed by atoms with Crippen molar-refractivity contribution in [3.05, 3.63) is 54.4 Å². The van der Waals surface area contributed by atoms with Crippen molar-refractivity contribution in [3.63, 3.8) is 0 Å². The lowest BCUT2D eigenvalue weighted by molar-refractivity contribution is 0.352. The molecule has 1 aromatic rings. The molecule has 0 unspecified atom stereocenters. The Labute approximate surface area is 171 Å². The van der Waals surface area contributed by atoms with E-state index in [-0.39, 0.29) is 0 Å². The third kappa shape index (κ3) is 6.85. The van der Waals surface area contributed by atoms with Gasteiger partial charge in [0.2, 0.25) is 0 Å². The number of hydrogen-bond donors (Lipinski definition) is 2. The van der Waals surface area contributed by atoms with Gasteiger partial charge >= 0.3 is 0 Å². The van der Waals surface area contributed by atoms with Crippen LogP contribution < -0.4 is 10.6 Å². The highest BCUT2D eigenvalue weighted by Gasteiger charge is 2.14. The molecule has 3 nitrogen and oxygen atoms in total. The molecular weight excluding hydrogens is 342 g/mol. The summed E-state index contributed by atoms with van der Waals surface area (Å²) in [5.41, 5.74) is 3.47. The van der Waals surface area contributed by atoms with Gasteiger partial charge in [-0.2, -0.15) is 0 Å². The van der Waals surface area contributed by atoms with E-state index in [1.54, 1.807) is 0 Å². The second-order valence-electron chi connectivity index (χ2n) is 8.53. The number of hydrogen-bond acceptors (Lipinski definition) is 3. The van der Waals surface area contributed by atoms with E-state index in [1.165, 1.54) is 75.3 Å². The SMILES string of the molecule is C=C(/C=C\C=C(/C)c1ccnc(NC2CCCCC2)c1)NCC1CCCCC1. The number of pyridine rings is 1. The topological polar surface area (TPSA) is 37.0 Å². The average Bonchev–Trinajstić information content (AvgIpc) is 2.74. The van der Waals surface area contributed by atoms with Crippen LogP contribution in [0.15, 0.2) is 48.8 Å². The molecule has 0 atom stereocenters. The maximum atomic E-state index is 4.51. The summed E-state index contributed by atoms with van der Waals surface area (Å²) in [6.45, 7) is 7.36. The normalized spacial score (nSPS) is 19.7. The molecule has 3 rings (SSSR count).